The van der Waals surface area contributed by atoms with E-state index >= 15 is 0 Å². The minimum atomic E-state index is 0.687. The van der Waals surface area contributed by atoms with Crippen molar-refractivity contribution in [2.24, 2.45) is 4.99 Å². The molecule has 0 bridgehead atoms. The van der Waals surface area contributed by atoms with Gasteiger partial charge in [0.1, 0.15) is 0 Å². The molecule has 0 aliphatic rings. The topological polar surface area (TPSA) is 33.4 Å². The van der Waals surface area contributed by atoms with Gasteiger partial charge in [0.25, 0.3) is 0 Å². The molecular formula is C19H20N4. The molecule has 4 nitrogen and oxygen atoms in total. The Labute approximate surface area is 136 Å². The molecule has 0 spiro atoms. The highest BCUT2D eigenvalue weighted by molar-refractivity contribution is 5.84. The smallest absolute Gasteiger partial charge is 0.230 e. The van der Waals surface area contributed by atoms with Crippen molar-refractivity contribution >= 4 is 28.9 Å². The predicted molar refractivity (Wildman–Crippen MR) is 98.0 cm³/mol. The molecule has 1 aromatic heterocycles. The fourth-order valence-corrected chi connectivity index (χ4v) is 2.46. The van der Waals surface area contributed by atoms with Crippen molar-refractivity contribution in [3.8, 4) is 0 Å². The molecule has 1 heterocycles. The van der Waals surface area contributed by atoms with Crippen molar-refractivity contribution in [1.82, 2.24) is 9.55 Å². The van der Waals surface area contributed by atoms with E-state index in [0.717, 1.165) is 16.6 Å². The first kappa shape index (κ1) is 15.0. The number of rotatable bonds is 5. The van der Waals surface area contributed by atoms with Crippen molar-refractivity contribution < 1.29 is 0 Å². The number of nitrogens with zero attached hydrogens (tertiary/aromatic N) is 4. The number of anilines is 1. The summed E-state index contributed by atoms with van der Waals surface area (Å²) in [4.78, 5) is 11.2. The van der Waals surface area contributed by atoms with E-state index in [1.807, 2.05) is 44.6 Å². The summed E-state index contributed by atoms with van der Waals surface area (Å²) in [5, 5.41) is 0. The molecule has 0 radical (unpaired) electrons. The van der Waals surface area contributed by atoms with E-state index in [1.54, 1.807) is 0 Å². The number of para-hydroxylation sites is 2. The van der Waals surface area contributed by atoms with Crippen LogP contribution in [0, 0.1) is 0 Å². The van der Waals surface area contributed by atoms with Crippen LogP contribution in [0.4, 0.5) is 11.6 Å². The Bertz CT molecular complexity index is 841. The van der Waals surface area contributed by atoms with Gasteiger partial charge >= 0.3 is 0 Å². The first-order chi connectivity index (χ1) is 11.2. The number of aromatic nitrogens is 2. The fraction of sp³-hybridized carbons (Fsp3) is 0.158. The van der Waals surface area contributed by atoms with Gasteiger partial charge in [0, 0.05) is 32.5 Å². The highest BCUT2D eigenvalue weighted by atomic mass is 15.2. The van der Waals surface area contributed by atoms with Gasteiger partial charge in [-0.05, 0) is 29.8 Å². The molecule has 4 heteroatoms. The van der Waals surface area contributed by atoms with E-state index in [-0.39, 0.29) is 0 Å². The number of benzene rings is 2. The number of allylic oxidation sites excluding steroid dienone is 1. The Kier molecular flexibility index (Phi) is 4.24. The van der Waals surface area contributed by atoms with Crippen LogP contribution in [0.2, 0.25) is 0 Å². The van der Waals surface area contributed by atoms with Crippen LogP contribution < -0.4 is 4.90 Å². The summed E-state index contributed by atoms with van der Waals surface area (Å²) in [7, 11) is 4.06. The summed E-state index contributed by atoms with van der Waals surface area (Å²) in [6.45, 7) is 4.51. The Morgan fingerprint density at radius 2 is 1.87 bits per heavy atom. The highest BCUT2D eigenvalue weighted by Gasteiger charge is 2.07. The number of fused-ring (bicyclic) bond motifs is 1. The van der Waals surface area contributed by atoms with E-state index in [9.17, 15) is 0 Å². The van der Waals surface area contributed by atoms with Crippen molar-refractivity contribution in [2.45, 2.75) is 6.54 Å². The van der Waals surface area contributed by atoms with Crippen LogP contribution in [0.25, 0.3) is 11.0 Å². The van der Waals surface area contributed by atoms with Crippen LogP contribution in [-0.4, -0.2) is 29.9 Å². The molecule has 2 aromatic carbocycles. The number of hydrogen-bond donors (Lipinski definition) is 0. The maximum atomic E-state index is 4.60. The van der Waals surface area contributed by atoms with Gasteiger partial charge in [0.15, 0.2) is 0 Å². The summed E-state index contributed by atoms with van der Waals surface area (Å²) in [6, 6.07) is 16.3. The summed E-state index contributed by atoms with van der Waals surface area (Å²) in [6.07, 6.45) is 3.71. The molecule has 0 saturated heterocycles. The lowest BCUT2D eigenvalue weighted by Crippen LogP contribution is -2.08. The van der Waals surface area contributed by atoms with Crippen molar-refractivity contribution in [2.75, 3.05) is 19.0 Å². The van der Waals surface area contributed by atoms with E-state index in [1.165, 1.54) is 5.69 Å². The minimum absolute atomic E-state index is 0.687. The average Bonchev–Trinajstić information content (AvgIpc) is 2.92. The lowest BCUT2D eigenvalue weighted by atomic mass is 10.2. The fourth-order valence-electron chi connectivity index (χ4n) is 2.46. The van der Waals surface area contributed by atoms with Crippen molar-refractivity contribution in [3.63, 3.8) is 0 Å². The van der Waals surface area contributed by atoms with E-state index in [2.05, 4.69) is 56.4 Å². The van der Waals surface area contributed by atoms with Gasteiger partial charge in [-0.1, -0.05) is 30.3 Å². The third-order valence-electron chi connectivity index (χ3n) is 3.68. The molecular weight excluding hydrogens is 284 g/mol. The average molecular weight is 304 g/mol. The van der Waals surface area contributed by atoms with E-state index < -0.39 is 0 Å². The van der Waals surface area contributed by atoms with Crippen molar-refractivity contribution in [3.05, 3.63) is 66.7 Å². The maximum absolute atomic E-state index is 4.60. The minimum Gasteiger partial charge on any atom is -0.378 e. The zero-order chi connectivity index (χ0) is 16.2. The molecule has 0 saturated carbocycles. The standard InChI is InChI=1S/C19H20N4/c1-4-13-23-18-8-6-5-7-17(18)21-19(23)20-14-15-9-11-16(12-10-15)22(2)3/h4-12,14H,1,13H2,2-3H3/b20-14+. The van der Waals surface area contributed by atoms with Crippen molar-refractivity contribution in [1.29, 1.82) is 0 Å². The Morgan fingerprint density at radius 1 is 1.13 bits per heavy atom. The molecule has 3 aromatic rings. The number of aliphatic imine (C=N–C) groups is 1. The molecule has 0 aliphatic heterocycles. The molecule has 0 atom stereocenters. The first-order valence-electron chi connectivity index (χ1n) is 7.56. The van der Waals surface area contributed by atoms with Gasteiger partial charge in [-0.15, -0.1) is 6.58 Å². The van der Waals surface area contributed by atoms with Crippen LogP contribution in [0.1, 0.15) is 5.56 Å². The molecule has 0 N–H and O–H groups in total. The molecule has 23 heavy (non-hydrogen) atoms. The summed E-state index contributed by atoms with van der Waals surface area (Å²) in [5.41, 5.74) is 4.24. The zero-order valence-electron chi connectivity index (χ0n) is 13.5. The lowest BCUT2D eigenvalue weighted by Gasteiger charge is -2.11. The quantitative estimate of drug-likeness (QED) is 0.526. The summed E-state index contributed by atoms with van der Waals surface area (Å²) >= 11 is 0. The summed E-state index contributed by atoms with van der Waals surface area (Å²) < 4.78 is 2.06. The van der Waals surface area contributed by atoms with Gasteiger partial charge < -0.3 is 9.47 Å². The van der Waals surface area contributed by atoms with Crippen LogP contribution in [0.3, 0.4) is 0 Å². The highest BCUT2D eigenvalue weighted by Crippen LogP contribution is 2.21. The Hall–Kier alpha value is -2.88. The number of hydrogen-bond acceptors (Lipinski definition) is 3. The van der Waals surface area contributed by atoms with Crippen LogP contribution in [0.15, 0.2) is 66.2 Å². The van der Waals surface area contributed by atoms with Gasteiger partial charge in [0.05, 0.1) is 11.0 Å². The Balaban J connectivity index is 1.93. The molecule has 0 unspecified atom stereocenters. The molecule has 116 valence electrons. The van der Waals surface area contributed by atoms with Crippen LogP contribution >= 0.6 is 0 Å². The second-order valence-electron chi connectivity index (χ2n) is 5.54. The monoisotopic (exact) mass is 304 g/mol. The van der Waals surface area contributed by atoms with Gasteiger partial charge in [-0.25, -0.2) is 9.98 Å². The zero-order valence-corrected chi connectivity index (χ0v) is 13.5. The largest absolute Gasteiger partial charge is 0.378 e. The lowest BCUT2D eigenvalue weighted by molar-refractivity contribution is 0.853. The summed E-state index contributed by atoms with van der Waals surface area (Å²) in [5.74, 6) is 0.697. The molecule has 0 fully saturated rings. The maximum Gasteiger partial charge on any atom is 0.230 e. The van der Waals surface area contributed by atoms with E-state index in [4.69, 9.17) is 0 Å². The van der Waals surface area contributed by atoms with Gasteiger partial charge in [-0.3, -0.25) is 0 Å². The molecule has 3 rings (SSSR count). The molecule has 0 aliphatic carbocycles. The molecule has 0 amide bonds. The van der Waals surface area contributed by atoms with E-state index in [0.29, 0.717) is 12.5 Å². The van der Waals surface area contributed by atoms with Gasteiger partial charge in [-0.2, -0.15) is 0 Å². The predicted octanol–water partition coefficient (Wildman–Crippen LogP) is 4.04. The first-order valence-corrected chi connectivity index (χ1v) is 7.56. The van der Waals surface area contributed by atoms with Crippen LogP contribution in [0.5, 0.6) is 0 Å². The third kappa shape index (κ3) is 3.16. The SMILES string of the molecule is C=CCn1c(/N=C/c2ccc(N(C)C)cc2)nc2ccccc21. The normalized spacial score (nSPS) is 11.2. The van der Waals surface area contributed by atoms with Gasteiger partial charge in [0.2, 0.25) is 5.95 Å². The Morgan fingerprint density at radius 3 is 2.57 bits per heavy atom. The second kappa shape index (κ2) is 6.48. The third-order valence-corrected chi connectivity index (χ3v) is 3.68. The van der Waals surface area contributed by atoms with Crippen LogP contribution in [-0.2, 0) is 6.54 Å². The second-order valence-corrected chi connectivity index (χ2v) is 5.54. The number of imidazole rings is 1.